The van der Waals surface area contributed by atoms with Crippen molar-refractivity contribution >= 4 is 0 Å². The van der Waals surface area contributed by atoms with Crippen molar-refractivity contribution in [3.63, 3.8) is 0 Å². The fourth-order valence-electron chi connectivity index (χ4n) is 2.60. The summed E-state index contributed by atoms with van der Waals surface area (Å²) < 4.78 is 0. The molecular formula is C17H17N. The molecule has 1 nitrogen and oxygen atoms in total. The van der Waals surface area contributed by atoms with Gasteiger partial charge in [0.25, 0.3) is 0 Å². The van der Waals surface area contributed by atoms with Crippen LogP contribution in [0, 0.1) is 0 Å². The zero-order valence-corrected chi connectivity index (χ0v) is 10.4. The summed E-state index contributed by atoms with van der Waals surface area (Å²) in [5.74, 6) is 0. The van der Waals surface area contributed by atoms with E-state index < -0.39 is 0 Å². The summed E-state index contributed by atoms with van der Waals surface area (Å²) in [6, 6.07) is 22.3. The van der Waals surface area contributed by atoms with Crippen LogP contribution in [-0.4, -0.2) is 10.9 Å². The summed E-state index contributed by atoms with van der Waals surface area (Å²) in [6.07, 6.45) is 2.06. The molecule has 0 spiro atoms. The Hall–Kier alpha value is -1.86. The van der Waals surface area contributed by atoms with Gasteiger partial charge in [-0.3, -0.25) is 4.90 Å². The normalized spacial score (nSPS) is 25.7. The Morgan fingerprint density at radius 2 is 1.56 bits per heavy atom. The van der Waals surface area contributed by atoms with Crippen molar-refractivity contribution in [3.05, 3.63) is 84.4 Å². The van der Waals surface area contributed by atoms with Crippen molar-refractivity contribution < 1.29 is 0 Å². The van der Waals surface area contributed by atoms with E-state index in [1.54, 1.807) is 0 Å². The third-order valence-corrected chi connectivity index (χ3v) is 3.56. The molecule has 0 aliphatic carbocycles. The molecule has 3 atom stereocenters. The lowest BCUT2D eigenvalue weighted by molar-refractivity contribution is 0.493. The van der Waals surface area contributed by atoms with Crippen molar-refractivity contribution in [2.75, 3.05) is 0 Å². The number of hydrogen-bond acceptors (Lipinski definition) is 1. The topological polar surface area (TPSA) is 3.01 Å². The minimum atomic E-state index is 0.479. The summed E-state index contributed by atoms with van der Waals surface area (Å²) in [5.41, 5.74) is 2.75. The number of nitrogens with zero attached hydrogens (tertiary/aromatic N) is 1. The summed E-state index contributed by atoms with van der Waals surface area (Å²) >= 11 is 0. The van der Waals surface area contributed by atoms with E-state index in [2.05, 4.69) is 78.2 Å². The molecule has 1 fully saturated rings. The molecule has 1 aliphatic rings. The molecular weight excluding hydrogens is 218 g/mol. The molecule has 3 rings (SSSR count). The summed E-state index contributed by atoms with van der Waals surface area (Å²) in [6.45, 7) is 4.95. The molecule has 1 heterocycles. The minimum absolute atomic E-state index is 0.479. The van der Waals surface area contributed by atoms with Crippen LogP contribution in [0.15, 0.2) is 73.3 Å². The smallest absolute Gasteiger partial charge is 0.0549 e. The van der Waals surface area contributed by atoms with Gasteiger partial charge in [-0.25, -0.2) is 0 Å². The molecule has 90 valence electrons. The molecule has 0 bridgehead atoms. The zero-order valence-electron chi connectivity index (χ0n) is 10.4. The maximum atomic E-state index is 3.95. The first-order valence-electron chi connectivity index (χ1n) is 6.37. The van der Waals surface area contributed by atoms with Gasteiger partial charge in [-0.1, -0.05) is 66.7 Å². The van der Waals surface area contributed by atoms with E-state index in [1.807, 2.05) is 0 Å². The Balaban J connectivity index is 1.76. The van der Waals surface area contributed by atoms with Crippen molar-refractivity contribution in [1.82, 2.24) is 4.90 Å². The fraction of sp³-hybridized carbons (Fsp3) is 0.176. The van der Waals surface area contributed by atoms with Gasteiger partial charge < -0.3 is 0 Å². The van der Waals surface area contributed by atoms with Crippen LogP contribution in [-0.2, 0) is 6.54 Å². The van der Waals surface area contributed by atoms with Crippen LogP contribution < -0.4 is 0 Å². The highest BCUT2D eigenvalue weighted by Gasteiger charge is 2.45. The Bertz CT molecular complexity index is 518. The van der Waals surface area contributed by atoms with Gasteiger partial charge in [-0.15, -0.1) is 6.58 Å². The van der Waals surface area contributed by atoms with Gasteiger partial charge in [-0.2, -0.15) is 0 Å². The Kier molecular flexibility index (Phi) is 2.99. The second-order valence-electron chi connectivity index (χ2n) is 4.74. The van der Waals surface area contributed by atoms with Crippen LogP contribution in [0.3, 0.4) is 0 Å². The molecule has 1 saturated heterocycles. The Labute approximate surface area is 108 Å². The molecule has 2 aromatic carbocycles. The lowest BCUT2D eigenvalue weighted by Crippen LogP contribution is -2.00. The van der Waals surface area contributed by atoms with Crippen molar-refractivity contribution in [3.8, 4) is 0 Å². The highest BCUT2D eigenvalue weighted by atomic mass is 15.3. The van der Waals surface area contributed by atoms with Crippen molar-refractivity contribution in [2.45, 2.75) is 18.6 Å². The molecule has 0 radical (unpaired) electrons. The first-order chi connectivity index (χ1) is 8.90. The van der Waals surface area contributed by atoms with Crippen LogP contribution in [0.5, 0.6) is 0 Å². The molecule has 0 saturated carbocycles. The van der Waals surface area contributed by atoms with Crippen LogP contribution in [0.2, 0.25) is 0 Å². The summed E-state index contributed by atoms with van der Waals surface area (Å²) in [7, 11) is 0. The molecule has 1 heteroatoms. The highest BCUT2D eigenvalue weighted by Crippen LogP contribution is 2.44. The summed E-state index contributed by atoms with van der Waals surface area (Å²) in [4.78, 5) is 2.47. The summed E-state index contributed by atoms with van der Waals surface area (Å²) in [5, 5.41) is 0. The average Bonchev–Trinajstić information content (AvgIpc) is 3.14. The van der Waals surface area contributed by atoms with E-state index in [0.29, 0.717) is 12.1 Å². The molecule has 0 aromatic heterocycles. The third-order valence-electron chi connectivity index (χ3n) is 3.56. The second kappa shape index (κ2) is 4.79. The third kappa shape index (κ3) is 2.09. The maximum Gasteiger partial charge on any atom is 0.0549 e. The standard InChI is InChI=1S/C17H17N/c1-2-16-17(15-11-7-4-8-12-15)18(16)13-14-9-5-3-6-10-14/h2-12,16-17H,1,13H2/t16-,17+,18?/m1/s1. The number of hydrogen-bond donors (Lipinski definition) is 0. The van der Waals surface area contributed by atoms with E-state index in [1.165, 1.54) is 11.1 Å². The molecule has 18 heavy (non-hydrogen) atoms. The van der Waals surface area contributed by atoms with Gasteiger partial charge in [0.1, 0.15) is 0 Å². The van der Waals surface area contributed by atoms with Crippen LogP contribution in [0.1, 0.15) is 17.2 Å². The first kappa shape index (κ1) is 11.2. The van der Waals surface area contributed by atoms with Gasteiger partial charge in [0.15, 0.2) is 0 Å². The quantitative estimate of drug-likeness (QED) is 0.575. The van der Waals surface area contributed by atoms with Gasteiger partial charge in [-0.05, 0) is 11.1 Å². The van der Waals surface area contributed by atoms with Gasteiger partial charge in [0.05, 0.1) is 6.04 Å². The maximum absolute atomic E-state index is 3.95. The fourth-order valence-corrected chi connectivity index (χ4v) is 2.60. The van der Waals surface area contributed by atoms with E-state index >= 15 is 0 Å². The van der Waals surface area contributed by atoms with E-state index in [4.69, 9.17) is 0 Å². The molecule has 1 aliphatic heterocycles. The van der Waals surface area contributed by atoms with E-state index in [9.17, 15) is 0 Å². The Morgan fingerprint density at radius 3 is 2.17 bits per heavy atom. The number of rotatable bonds is 4. The van der Waals surface area contributed by atoms with Gasteiger partial charge in [0.2, 0.25) is 0 Å². The largest absolute Gasteiger partial charge is 0.282 e. The predicted molar refractivity (Wildman–Crippen MR) is 75.2 cm³/mol. The highest BCUT2D eigenvalue weighted by molar-refractivity contribution is 5.31. The monoisotopic (exact) mass is 235 g/mol. The Morgan fingerprint density at radius 1 is 0.944 bits per heavy atom. The molecule has 0 N–H and O–H groups in total. The lowest BCUT2D eigenvalue weighted by atomic mass is 10.1. The molecule has 0 amide bonds. The predicted octanol–water partition coefficient (Wildman–Crippen LogP) is 3.80. The lowest BCUT2D eigenvalue weighted by Gasteiger charge is -2.04. The second-order valence-corrected chi connectivity index (χ2v) is 4.74. The first-order valence-corrected chi connectivity index (χ1v) is 6.37. The van der Waals surface area contributed by atoms with E-state index in [-0.39, 0.29) is 0 Å². The van der Waals surface area contributed by atoms with Crippen LogP contribution in [0.25, 0.3) is 0 Å². The van der Waals surface area contributed by atoms with Crippen molar-refractivity contribution in [1.29, 1.82) is 0 Å². The molecule has 1 unspecified atom stereocenters. The van der Waals surface area contributed by atoms with Gasteiger partial charge >= 0.3 is 0 Å². The zero-order chi connectivity index (χ0) is 12.4. The molecule has 2 aromatic rings. The SMILES string of the molecule is C=C[C@@H]1[C@H](c2ccccc2)N1Cc1ccccc1. The average molecular weight is 235 g/mol. The van der Waals surface area contributed by atoms with Crippen molar-refractivity contribution in [2.24, 2.45) is 0 Å². The van der Waals surface area contributed by atoms with E-state index in [0.717, 1.165) is 6.54 Å². The minimum Gasteiger partial charge on any atom is -0.282 e. The van der Waals surface area contributed by atoms with Gasteiger partial charge in [0, 0.05) is 12.6 Å². The van der Waals surface area contributed by atoms with Crippen LogP contribution >= 0.6 is 0 Å². The van der Waals surface area contributed by atoms with Crippen LogP contribution in [0.4, 0.5) is 0 Å². The number of benzene rings is 2.